The summed E-state index contributed by atoms with van der Waals surface area (Å²) in [4.78, 5) is 16.0. The lowest BCUT2D eigenvalue weighted by Crippen LogP contribution is -2.11. The van der Waals surface area contributed by atoms with Crippen molar-refractivity contribution in [1.29, 1.82) is 0 Å². The van der Waals surface area contributed by atoms with Gasteiger partial charge in [-0.3, -0.25) is 19.1 Å². The minimum Gasteiger partial charge on any atom is -0.307 e. The van der Waals surface area contributed by atoms with E-state index in [4.69, 9.17) is 0 Å². The summed E-state index contributed by atoms with van der Waals surface area (Å²) >= 11 is 0. The third kappa shape index (κ3) is 3.49. The zero-order chi connectivity index (χ0) is 16.2. The highest BCUT2D eigenvalue weighted by Crippen LogP contribution is 2.20. The lowest BCUT2D eigenvalue weighted by Gasteiger charge is -2.00. The highest BCUT2D eigenvalue weighted by Gasteiger charge is 2.08. The molecule has 8 heteroatoms. The van der Waals surface area contributed by atoms with E-state index < -0.39 is 0 Å². The van der Waals surface area contributed by atoms with Crippen LogP contribution in [0, 0.1) is 0 Å². The van der Waals surface area contributed by atoms with E-state index in [1.807, 2.05) is 18.2 Å². The third-order valence-electron chi connectivity index (χ3n) is 3.13. The van der Waals surface area contributed by atoms with E-state index in [-0.39, 0.29) is 5.91 Å². The van der Waals surface area contributed by atoms with Gasteiger partial charge in [-0.1, -0.05) is 5.21 Å². The highest BCUT2D eigenvalue weighted by atomic mass is 16.1. The van der Waals surface area contributed by atoms with Gasteiger partial charge in [-0.2, -0.15) is 5.10 Å². The Morgan fingerprint density at radius 3 is 2.74 bits per heavy atom. The number of pyridine rings is 1. The summed E-state index contributed by atoms with van der Waals surface area (Å²) in [5, 5.41) is 14.8. The van der Waals surface area contributed by atoms with Gasteiger partial charge in [-0.25, -0.2) is 0 Å². The molecule has 116 valence electrons. The first-order valence-electron chi connectivity index (χ1n) is 6.91. The van der Waals surface area contributed by atoms with Gasteiger partial charge in [0, 0.05) is 44.2 Å². The minimum atomic E-state index is -0.264. The van der Waals surface area contributed by atoms with E-state index in [1.54, 1.807) is 48.1 Å². The van der Waals surface area contributed by atoms with Crippen LogP contribution in [-0.2, 0) is 18.9 Å². The van der Waals surface area contributed by atoms with Crippen LogP contribution in [0.1, 0.15) is 5.69 Å². The van der Waals surface area contributed by atoms with Crippen LogP contribution >= 0.6 is 0 Å². The molecule has 3 rings (SSSR count). The Labute approximate surface area is 132 Å². The number of aryl methyl sites for hydroxylation is 2. The molecule has 3 aromatic rings. The smallest absolute Gasteiger partial charge is 0.249 e. The molecular weight excluding hydrogens is 294 g/mol. The molecule has 1 amide bonds. The molecule has 0 saturated heterocycles. The molecule has 3 heterocycles. The maximum absolute atomic E-state index is 12.0. The topological polar surface area (TPSA) is 90.5 Å². The van der Waals surface area contributed by atoms with Gasteiger partial charge in [0.2, 0.25) is 5.91 Å². The molecule has 0 atom stereocenters. The second kappa shape index (κ2) is 6.22. The first-order chi connectivity index (χ1) is 11.1. The Balaban J connectivity index is 1.71. The lowest BCUT2D eigenvalue weighted by atomic mass is 10.2. The Morgan fingerprint density at radius 1 is 1.26 bits per heavy atom. The van der Waals surface area contributed by atoms with Crippen molar-refractivity contribution in [3.05, 3.63) is 48.6 Å². The second-order valence-electron chi connectivity index (χ2n) is 4.91. The number of nitrogens with zero attached hydrogens (tertiary/aromatic N) is 6. The largest absolute Gasteiger partial charge is 0.307 e. The van der Waals surface area contributed by atoms with Crippen molar-refractivity contribution in [2.24, 2.45) is 14.1 Å². The van der Waals surface area contributed by atoms with Gasteiger partial charge in [0.1, 0.15) is 11.5 Å². The molecule has 0 aromatic carbocycles. The fourth-order valence-corrected chi connectivity index (χ4v) is 2.02. The zero-order valence-corrected chi connectivity index (χ0v) is 12.7. The van der Waals surface area contributed by atoms with Crippen molar-refractivity contribution in [3.63, 3.8) is 0 Å². The van der Waals surface area contributed by atoms with Crippen molar-refractivity contribution < 1.29 is 4.79 Å². The number of anilines is 1. The molecule has 0 radical (unpaired) electrons. The summed E-state index contributed by atoms with van der Waals surface area (Å²) in [5.74, 6) is 0.338. The Hall–Kier alpha value is -3.29. The normalized spacial score (nSPS) is 11.0. The summed E-state index contributed by atoms with van der Waals surface area (Å²) in [6.07, 6.45) is 8.12. The highest BCUT2D eigenvalue weighted by molar-refractivity contribution is 6.01. The van der Waals surface area contributed by atoms with Crippen LogP contribution in [0.25, 0.3) is 17.3 Å². The van der Waals surface area contributed by atoms with Crippen LogP contribution in [0.5, 0.6) is 0 Å². The van der Waals surface area contributed by atoms with E-state index in [0.717, 1.165) is 11.3 Å². The van der Waals surface area contributed by atoms with Gasteiger partial charge in [0.25, 0.3) is 0 Å². The lowest BCUT2D eigenvalue weighted by molar-refractivity contribution is -0.111. The van der Waals surface area contributed by atoms with E-state index in [9.17, 15) is 4.79 Å². The van der Waals surface area contributed by atoms with Crippen molar-refractivity contribution in [2.75, 3.05) is 5.32 Å². The molecule has 23 heavy (non-hydrogen) atoms. The molecule has 0 aliphatic rings. The van der Waals surface area contributed by atoms with Crippen LogP contribution in [0.4, 0.5) is 5.82 Å². The maximum atomic E-state index is 12.0. The third-order valence-corrected chi connectivity index (χ3v) is 3.13. The Morgan fingerprint density at radius 2 is 2.04 bits per heavy atom. The summed E-state index contributed by atoms with van der Waals surface area (Å²) in [6, 6.07) is 5.53. The average molecular weight is 309 g/mol. The number of amides is 1. The van der Waals surface area contributed by atoms with Gasteiger partial charge in [0.05, 0.1) is 11.9 Å². The number of nitrogens with one attached hydrogen (secondary N) is 1. The standard InChI is InChI=1S/C15H15N7O/c1-21-10-12(18-20-21)3-4-15(23)17-14-9-13(19-22(14)2)11-5-7-16-8-6-11/h3-10H,1-2H3,(H,17,23)/b4-3+. The monoisotopic (exact) mass is 309 g/mol. The summed E-state index contributed by atoms with van der Waals surface area (Å²) in [5.41, 5.74) is 2.32. The fraction of sp³-hybridized carbons (Fsp3) is 0.133. The molecule has 0 fully saturated rings. The number of carbonyl (C=O) groups excluding carboxylic acids is 1. The van der Waals surface area contributed by atoms with Crippen molar-refractivity contribution in [1.82, 2.24) is 29.8 Å². The molecule has 0 unspecified atom stereocenters. The first-order valence-corrected chi connectivity index (χ1v) is 6.91. The molecule has 0 bridgehead atoms. The molecule has 0 aliphatic heterocycles. The molecule has 1 N–H and O–H groups in total. The predicted molar refractivity (Wildman–Crippen MR) is 85.1 cm³/mol. The van der Waals surface area contributed by atoms with Crippen LogP contribution in [0.2, 0.25) is 0 Å². The predicted octanol–water partition coefficient (Wildman–Crippen LogP) is 1.26. The summed E-state index contributed by atoms with van der Waals surface area (Å²) < 4.78 is 3.18. The number of hydrogen-bond acceptors (Lipinski definition) is 5. The van der Waals surface area contributed by atoms with Crippen LogP contribution in [0.15, 0.2) is 42.9 Å². The number of aromatic nitrogens is 6. The van der Waals surface area contributed by atoms with Gasteiger partial charge in [0.15, 0.2) is 0 Å². The number of hydrogen-bond donors (Lipinski definition) is 1. The molecule has 8 nitrogen and oxygen atoms in total. The summed E-state index contributed by atoms with van der Waals surface area (Å²) in [7, 11) is 3.54. The first kappa shape index (κ1) is 14.6. The van der Waals surface area contributed by atoms with E-state index in [1.165, 1.54) is 6.08 Å². The van der Waals surface area contributed by atoms with E-state index >= 15 is 0 Å². The van der Waals surface area contributed by atoms with E-state index in [2.05, 4.69) is 25.7 Å². The summed E-state index contributed by atoms with van der Waals surface area (Å²) in [6.45, 7) is 0. The molecule has 0 aliphatic carbocycles. The van der Waals surface area contributed by atoms with E-state index in [0.29, 0.717) is 11.5 Å². The van der Waals surface area contributed by atoms with Crippen molar-refractivity contribution in [2.45, 2.75) is 0 Å². The molecular formula is C15H15N7O. The Bertz CT molecular complexity index is 848. The zero-order valence-electron chi connectivity index (χ0n) is 12.7. The number of carbonyl (C=O) groups is 1. The van der Waals surface area contributed by atoms with Gasteiger partial charge < -0.3 is 5.32 Å². The minimum absolute atomic E-state index is 0.264. The quantitative estimate of drug-likeness (QED) is 0.733. The van der Waals surface area contributed by atoms with Crippen LogP contribution in [-0.4, -0.2) is 35.7 Å². The van der Waals surface area contributed by atoms with Crippen molar-refractivity contribution >= 4 is 17.8 Å². The van der Waals surface area contributed by atoms with Crippen molar-refractivity contribution in [3.8, 4) is 11.3 Å². The average Bonchev–Trinajstić information content (AvgIpc) is 3.13. The van der Waals surface area contributed by atoms with Gasteiger partial charge >= 0.3 is 0 Å². The fourth-order valence-electron chi connectivity index (χ4n) is 2.02. The Kier molecular flexibility index (Phi) is 3.96. The number of rotatable bonds is 4. The van der Waals surface area contributed by atoms with Crippen LogP contribution < -0.4 is 5.32 Å². The van der Waals surface area contributed by atoms with Gasteiger partial charge in [-0.05, 0) is 18.2 Å². The van der Waals surface area contributed by atoms with Crippen LogP contribution in [0.3, 0.4) is 0 Å². The second-order valence-corrected chi connectivity index (χ2v) is 4.91. The molecule has 0 spiro atoms. The molecule has 3 aromatic heterocycles. The SMILES string of the molecule is Cn1cc(/C=C/C(=O)Nc2cc(-c3ccncc3)nn2C)nn1. The molecule has 0 saturated carbocycles. The maximum Gasteiger partial charge on any atom is 0.249 e. The van der Waals surface area contributed by atoms with Gasteiger partial charge in [-0.15, -0.1) is 5.10 Å².